The highest BCUT2D eigenvalue weighted by atomic mass is 19.1. The number of carbonyl (C=O) groups is 1. The number of amides is 1. The van der Waals surface area contributed by atoms with E-state index in [1.165, 1.54) is 12.3 Å². The second-order valence-electron chi connectivity index (χ2n) is 6.29. The SMILES string of the molecule is O=C(NCc1cccnc1OCc1ccccc1)c1c[nH]c2cccc(F)c12. The van der Waals surface area contributed by atoms with E-state index in [1.807, 2.05) is 36.4 Å². The van der Waals surface area contributed by atoms with Crippen LogP contribution >= 0.6 is 0 Å². The molecule has 0 bridgehead atoms. The van der Waals surface area contributed by atoms with Crippen molar-refractivity contribution in [3.63, 3.8) is 0 Å². The molecular formula is C22H18FN3O2. The number of benzene rings is 2. The lowest BCUT2D eigenvalue weighted by Gasteiger charge is -2.11. The van der Waals surface area contributed by atoms with Crippen molar-refractivity contribution in [1.82, 2.24) is 15.3 Å². The number of pyridine rings is 1. The Morgan fingerprint density at radius 3 is 2.79 bits per heavy atom. The quantitative estimate of drug-likeness (QED) is 0.530. The Hall–Kier alpha value is -3.67. The fourth-order valence-electron chi connectivity index (χ4n) is 3.00. The Morgan fingerprint density at radius 1 is 1.07 bits per heavy atom. The number of halogens is 1. The highest BCUT2D eigenvalue weighted by Gasteiger charge is 2.16. The summed E-state index contributed by atoms with van der Waals surface area (Å²) in [6.45, 7) is 0.602. The summed E-state index contributed by atoms with van der Waals surface area (Å²) in [5.74, 6) is -0.344. The van der Waals surface area contributed by atoms with Gasteiger partial charge in [0.05, 0.1) is 5.56 Å². The number of aromatic nitrogens is 2. The van der Waals surface area contributed by atoms with Crippen LogP contribution in [0.3, 0.4) is 0 Å². The van der Waals surface area contributed by atoms with Gasteiger partial charge in [-0.25, -0.2) is 9.37 Å². The monoisotopic (exact) mass is 375 g/mol. The third-order valence-corrected chi connectivity index (χ3v) is 4.41. The maximum absolute atomic E-state index is 14.1. The Bertz CT molecular complexity index is 1110. The van der Waals surface area contributed by atoms with Gasteiger partial charge in [-0.1, -0.05) is 42.5 Å². The van der Waals surface area contributed by atoms with E-state index >= 15 is 0 Å². The molecule has 0 aliphatic heterocycles. The van der Waals surface area contributed by atoms with Gasteiger partial charge in [-0.3, -0.25) is 4.79 Å². The first kappa shape index (κ1) is 17.7. The molecule has 0 fully saturated rings. The molecule has 0 saturated heterocycles. The van der Waals surface area contributed by atoms with E-state index in [9.17, 15) is 9.18 Å². The maximum Gasteiger partial charge on any atom is 0.253 e. The van der Waals surface area contributed by atoms with Gasteiger partial charge in [-0.15, -0.1) is 0 Å². The summed E-state index contributed by atoms with van der Waals surface area (Å²) in [4.78, 5) is 19.8. The standard InChI is InChI=1S/C22H18FN3O2/c23-18-9-4-10-19-20(18)17(13-25-19)21(27)26-12-16-8-5-11-24-22(16)28-14-15-6-2-1-3-7-15/h1-11,13,25H,12,14H2,(H,26,27). The van der Waals surface area contributed by atoms with E-state index < -0.39 is 5.82 Å². The van der Waals surface area contributed by atoms with Crippen LogP contribution in [0, 0.1) is 5.82 Å². The van der Waals surface area contributed by atoms with E-state index in [-0.39, 0.29) is 23.4 Å². The first-order chi connectivity index (χ1) is 13.7. The highest BCUT2D eigenvalue weighted by molar-refractivity contribution is 6.06. The summed E-state index contributed by atoms with van der Waals surface area (Å²) >= 11 is 0. The summed E-state index contributed by atoms with van der Waals surface area (Å²) in [6.07, 6.45) is 3.15. The fourth-order valence-corrected chi connectivity index (χ4v) is 3.00. The van der Waals surface area contributed by atoms with Gasteiger partial charge in [0.2, 0.25) is 5.88 Å². The Kier molecular flexibility index (Phi) is 5.01. The summed E-state index contributed by atoms with van der Waals surface area (Å²) in [5.41, 5.74) is 2.62. The molecule has 0 unspecified atom stereocenters. The largest absolute Gasteiger partial charge is 0.473 e. The molecule has 0 spiro atoms. The van der Waals surface area contributed by atoms with Gasteiger partial charge < -0.3 is 15.0 Å². The number of ether oxygens (including phenoxy) is 1. The normalized spacial score (nSPS) is 10.8. The van der Waals surface area contributed by atoms with Crippen molar-refractivity contribution in [1.29, 1.82) is 0 Å². The molecule has 0 atom stereocenters. The van der Waals surface area contributed by atoms with Crippen LogP contribution in [0.1, 0.15) is 21.5 Å². The molecule has 0 aliphatic carbocycles. The van der Waals surface area contributed by atoms with E-state index in [4.69, 9.17) is 4.74 Å². The topological polar surface area (TPSA) is 67.0 Å². The molecular weight excluding hydrogens is 357 g/mol. The van der Waals surface area contributed by atoms with Gasteiger partial charge >= 0.3 is 0 Å². The number of hydrogen-bond donors (Lipinski definition) is 2. The van der Waals surface area contributed by atoms with E-state index in [0.717, 1.165) is 11.1 Å². The summed E-state index contributed by atoms with van der Waals surface area (Å²) < 4.78 is 19.9. The smallest absolute Gasteiger partial charge is 0.253 e. The molecule has 2 heterocycles. The molecule has 4 aromatic rings. The minimum Gasteiger partial charge on any atom is -0.473 e. The van der Waals surface area contributed by atoms with Crippen molar-refractivity contribution >= 4 is 16.8 Å². The lowest BCUT2D eigenvalue weighted by molar-refractivity contribution is 0.0952. The Balaban J connectivity index is 1.47. The first-order valence-electron chi connectivity index (χ1n) is 8.87. The number of carbonyl (C=O) groups excluding carboxylic acids is 1. The molecule has 4 rings (SSSR count). The number of hydrogen-bond acceptors (Lipinski definition) is 3. The molecule has 28 heavy (non-hydrogen) atoms. The second-order valence-corrected chi connectivity index (χ2v) is 6.29. The molecule has 5 nitrogen and oxygen atoms in total. The molecule has 0 aliphatic rings. The van der Waals surface area contributed by atoms with Gasteiger partial charge in [0.1, 0.15) is 12.4 Å². The number of nitrogens with one attached hydrogen (secondary N) is 2. The van der Waals surface area contributed by atoms with Crippen LogP contribution in [0.15, 0.2) is 73.1 Å². The van der Waals surface area contributed by atoms with Crippen molar-refractivity contribution in [3.8, 4) is 5.88 Å². The van der Waals surface area contributed by atoms with Crippen LogP contribution in [-0.2, 0) is 13.2 Å². The van der Waals surface area contributed by atoms with Crippen LogP contribution in [-0.4, -0.2) is 15.9 Å². The second kappa shape index (κ2) is 7.92. The molecule has 0 saturated carbocycles. The molecule has 1 amide bonds. The van der Waals surface area contributed by atoms with Gasteiger partial charge in [0, 0.05) is 35.4 Å². The number of nitrogens with zero attached hydrogens (tertiary/aromatic N) is 1. The molecule has 2 aromatic heterocycles. The number of aromatic amines is 1. The molecule has 2 N–H and O–H groups in total. The van der Waals surface area contributed by atoms with Gasteiger partial charge in [-0.2, -0.15) is 0 Å². The lowest BCUT2D eigenvalue weighted by Crippen LogP contribution is -2.23. The van der Waals surface area contributed by atoms with Crippen molar-refractivity contribution in [2.75, 3.05) is 0 Å². The highest BCUT2D eigenvalue weighted by Crippen LogP contribution is 2.22. The van der Waals surface area contributed by atoms with E-state index in [2.05, 4.69) is 15.3 Å². The maximum atomic E-state index is 14.1. The average molecular weight is 375 g/mol. The summed E-state index contributed by atoms with van der Waals surface area (Å²) in [7, 11) is 0. The van der Waals surface area contributed by atoms with Crippen molar-refractivity contribution < 1.29 is 13.9 Å². The van der Waals surface area contributed by atoms with E-state index in [0.29, 0.717) is 18.0 Å². The van der Waals surface area contributed by atoms with Crippen molar-refractivity contribution in [2.24, 2.45) is 0 Å². The molecule has 6 heteroatoms. The van der Waals surface area contributed by atoms with Crippen LogP contribution in [0.2, 0.25) is 0 Å². The van der Waals surface area contributed by atoms with E-state index in [1.54, 1.807) is 24.4 Å². The number of H-pyrrole nitrogens is 1. The average Bonchev–Trinajstić information content (AvgIpc) is 3.17. The zero-order valence-electron chi connectivity index (χ0n) is 15.0. The third kappa shape index (κ3) is 3.71. The van der Waals surface area contributed by atoms with Crippen molar-refractivity contribution in [2.45, 2.75) is 13.2 Å². The summed E-state index contributed by atoms with van der Waals surface area (Å²) in [6, 6.07) is 18.0. The van der Waals surface area contributed by atoms with Gasteiger partial charge in [0.25, 0.3) is 5.91 Å². The molecule has 140 valence electrons. The minimum absolute atomic E-state index is 0.220. The zero-order chi connectivity index (χ0) is 19.3. The Morgan fingerprint density at radius 2 is 1.93 bits per heavy atom. The first-order valence-corrected chi connectivity index (χ1v) is 8.87. The molecule has 2 aromatic carbocycles. The summed E-state index contributed by atoms with van der Waals surface area (Å²) in [5, 5.41) is 3.10. The third-order valence-electron chi connectivity index (χ3n) is 4.41. The van der Waals surface area contributed by atoms with Crippen LogP contribution < -0.4 is 10.1 Å². The van der Waals surface area contributed by atoms with Gasteiger partial charge in [-0.05, 0) is 23.8 Å². The number of fused-ring (bicyclic) bond motifs is 1. The lowest BCUT2D eigenvalue weighted by atomic mass is 10.1. The van der Waals surface area contributed by atoms with Crippen molar-refractivity contribution in [3.05, 3.63) is 95.6 Å². The Labute approximate surface area is 161 Å². The van der Waals surface area contributed by atoms with Gasteiger partial charge in [0.15, 0.2) is 0 Å². The van der Waals surface area contributed by atoms with Crippen LogP contribution in [0.25, 0.3) is 10.9 Å². The predicted octanol–water partition coefficient (Wildman–Crippen LogP) is 4.21. The molecule has 0 radical (unpaired) electrons. The number of rotatable bonds is 6. The van der Waals surface area contributed by atoms with Crippen LogP contribution in [0.4, 0.5) is 4.39 Å². The van der Waals surface area contributed by atoms with Crippen LogP contribution in [0.5, 0.6) is 5.88 Å². The zero-order valence-corrected chi connectivity index (χ0v) is 15.0. The fraction of sp³-hybridized carbons (Fsp3) is 0.0909. The predicted molar refractivity (Wildman–Crippen MR) is 104 cm³/mol. The minimum atomic E-state index is -0.433.